The molecule has 0 saturated heterocycles. The number of benzene rings is 2. The number of Topliss-reactive ketones (excluding diaryl/α,β-unsaturated/α-hetero) is 1. The van der Waals surface area contributed by atoms with Crippen molar-refractivity contribution in [2.45, 2.75) is 6.61 Å². The summed E-state index contributed by atoms with van der Waals surface area (Å²) in [6.07, 6.45) is 0. The van der Waals surface area contributed by atoms with Crippen molar-refractivity contribution < 1.29 is 19.1 Å². The summed E-state index contributed by atoms with van der Waals surface area (Å²) in [7, 11) is 0. The minimum Gasteiger partial charge on any atom is -0.470 e. The van der Waals surface area contributed by atoms with Crippen LogP contribution < -0.4 is 5.32 Å². The van der Waals surface area contributed by atoms with Gasteiger partial charge in [0.2, 0.25) is 11.7 Å². The van der Waals surface area contributed by atoms with Crippen LogP contribution in [-0.4, -0.2) is 18.4 Å². The molecule has 1 aliphatic heterocycles. The molecule has 2 aromatic rings. The molecule has 1 N–H and O–H groups in total. The number of nitrogens with one attached hydrogen (secondary N) is 1. The average molecular weight is 334 g/mol. The summed E-state index contributed by atoms with van der Waals surface area (Å²) in [4.78, 5) is 24.3. The molecule has 0 aromatic heterocycles. The Hall–Kier alpha value is -3.59. The van der Waals surface area contributed by atoms with Crippen molar-refractivity contribution in [3.8, 4) is 6.07 Å². The van der Waals surface area contributed by atoms with E-state index in [1.54, 1.807) is 36.4 Å². The molecule has 3 rings (SSSR count). The van der Waals surface area contributed by atoms with E-state index in [1.165, 1.54) is 0 Å². The second kappa shape index (κ2) is 7.32. The number of nitriles is 1. The lowest BCUT2D eigenvalue weighted by Crippen LogP contribution is -2.16. The SMILES string of the molecule is N#Cc1ccccc1COC(=O)C1=C(Nc2ccccc2)OCC1=O. The maximum Gasteiger partial charge on any atom is 0.347 e. The Morgan fingerprint density at radius 3 is 2.64 bits per heavy atom. The molecule has 25 heavy (non-hydrogen) atoms. The molecule has 2 aromatic carbocycles. The third-order valence-electron chi connectivity index (χ3n) is 3.59. The molecule has 0 atom stereocenters. The Morgan fingerprint density at radius 1 is 1.16 bits per heavy atom. The van der Waals surface area contributed by atoms with Crippen molar-refractivity contribution in [3.05, 3.63) is 77.2 Å². The van der Waals surface area contributed by atoms with Crippen molar-refractivity contribution in [2.75, 3.05) is 11.9 Å². The summed E-state index contributed by atoms with van der Waals surface area (Å²) in [5.41, 5.74) is 1.52. The first kappa shape index (κ1) is 16.3. The van der Waals surface area contributed by atoms with Crippen molar-refractivity contribution in [1.29, 1.82) is 5.26 Å². The number of esters is 1. The van der Waals surface area contributed by atoms with Gasteiger partial charge < -0.3 is 14.8 Å². The molecule has 6 heteroatoms. The number of hydrogen-bond donors (Lipinski definition) is 1. The van der Waals surface area contributed by atoms with Gasteiger partial charge in [0, 0.05) is 11.3 Å². The molecule has 0 bridgehead atoms. The standard InChI is InChI=1S/C19H14N2O4/c20-10-13-6-4-5-7-14(13)11-25-19(23)17-16(22)12-24-18(17)21-15-8-2-1-3-9-15/h1-9,21H,11-12H2. The Kier molecular flexibility index (Phi) is 4.77. The van der Waals surface area contributed by atoms with E-state index in [0.717, 1.165) is 0 Å². The van der Waals surface area contributed by atoms with Crippen LogP contribution in [0.2, 0.25) is 0 Å². The second-order valence-electron chi connectivity index (χ2n) is 5.25. The Morgan fingerprint density at radius 2 is 1.88 bits per heavy atom. The Balaban J connectivity index is 1.75. The van der Waals surface area contributed by atoms with Gasteiger partial charge in [0.1, 0.15) is 6.61 Å². The predicted octanol–water partition coefficient (Wildman–Crippen LogP) is 2.52. The number of anilines is 1. The van der Waals surface area contributed by atoms with Gasteiger partial charge in [-0.15, -0.1) is 0 Å². The molecule has 6 nitrogen and oxygen atoms in total. The average Bonchev–Trinajstić information content (AvgIpc) is 3.01. The van der Waals surface area contributed by atoms with E-state index in [0.29, 0.717) is 16.8 Å². The number of hydrogen-bond acceptors (Lipinski definition) is 6. The molecular weight excluding hydrogens is 320 g/mol. The van der Waals surface area contributed by atoms with E-state index in [9.17, 15) is 9.59 Å². The predicted molar refractivity (Wildman–Crippen MR) is 89.0 cm³/mol. The van der Waals surface area contributed by atoms with E-state index >= 15 is 0 Å². The first-order valence-corrected chi connectivity index (χ1v) is 7.56. The van der Waals surface area contributed by atoms with Crippen LogP contribution in [0.1, 0.15) is 11.1 Å². The fourth-order valence-electron chi connectivity index (χ4n) is 2.34. The highest BCUT2D eigenvalue weighted by molar-refractivity contribution is 6.19. The summed E-state index contributed by atoms with van der Waals surface area (Å²) in [5.74, 6) is -1.15. The molecule has 0 spiro atoms. The summed E-state index contributed by atoms with van der Waals surface area (Å²) < 4.78 is 10.5. The molecule has 1 aliphatic rings. The van der Waals surface area contributed by atoms with E-state index in [2.05, 4.69) is 5.32 Å². The number of carbonyl (C=O) groups is 2. The zero-order valence-corrected chi connectivity index (χ0v) is 13.2. The van der Waals surface area contributed by atoms with Gasteiger partial charge in [-0.1, -0.05) is 36.4 Å². The zero-order valence-electron chi connectivity index (χ0n) is 13.2. The normalized spacial score (nSPS) is 13.2. The van der Waals surface area contributed by atoms with Crippen molar-refractivity contribution in [2.24, 2.45) is 0 Å². The number of carbonyl (C=O) groups excluding carboxylic acids is 2. The highest BCUT2D eigenvalue weighted by Crippen LogP contribution is 2.21. The number of rotatable bonds is 5. The van der Waals surface area contributed by atoms with Gasteiger partial charge in [0.15, 0.2) is 12.2 Å². The minimum absolute atomic E-state index is 0.0785. The van der Waals surface area contributed by atoms with Gasteiger partial charge in [0.05, 0.1) is 11.6 Å². The number of para-hydroxylation sites is 1. The molecule has 0 fully saturated rings. The zero-order chi connectivity index (χ0) is 17.6. The van der Waals surface area contributed by atoms with Crippen LogP contribution in [0.15, 0.2) is 66.1 Å². The number of ether oxygens (including phenoxy) is 2. The topological polar surface area (TPSA) is 88.4 Å². The van der Waals surface area contributed by atoms with Crippen LogP contribution in [0.4, 0.5) is 5.69 Å². The molecule has 0 unspecified atom stereocenters. The third-order valence-corrected chi connectivity index (χ3v) is 3.59. The Labute approximate surface area is 144 Å². The van der Waals surface area contributed by atoms with E-state index in [4.69, 9.17) is 14.7 Å². The van der Waals surface area contributed by atoms with Crippen LogP contribution in [0, 0.1) is 11.3 Å². The lowest BCUT2D eigenvalue weighted by Gasteiger charge is -2.09. The van der Waals surface area contributed by atoms with Crippen molar-refractivity contribution >= 4 is 17.4 Å². The van der Waals surface area contributed by atoms with Crippen LogP contribution in [0.5, 0.6) is 0 Å². The summed E-state index contributed by atoms with van der Waals surface area (Å²) in [6, 6.07) is 17.9. The summed E-state index contributed by atoms with van der Waals surface area (Å²) in [6.45, 7) is -0.313. The van der Waals surface area contributed by atoms with Gasteiger partial charge in [-0.25, -0.2) is 4.79 Å². The first-order chi connectivity index (χ1) is 12.2. The van der Waals surface area contributed by atoms with Gasteiger partial charge in [-0.3, -0.25) is 4.79 Å². The quantitative estimate of drug-likeness (QED) is 0.668. The van der Waals surface area contributed by atoms with Gasteiger partial charge in [0.25, 0.3) is 0 Å². The lowest BCUT2D eigenvalue weighted by molar-refractivity contribution is -0.141. The maximum atomic E-state index is 12.3. The summed E-state index contributed by atoms with van der Waals surface area (Å²) in [5, 5.41) is 12.0. The summed E-state index contributed by atoms with van der Waals surface area (Å²) >= 11 is 0. The van der Waals surface area contributed by atoms with Crippen molar-refractivity contribution in [3.63, 3.8) is 0 Å². The van der Waals surface area contributed by atoms with Crippen LogP contribution in [0.3, 0.4) is 0 Å². The van der Waals surface area contributed by atoms with Crippen LogP contribution >= 0.6 is 0 Å². The fourth-order valence-corrected chi connectivity index (χ4v) is 2.34. The molecule has 124 valence electrons. The smallest absolute Gasteiger partial charge is 0.347 e. The highest BCUT2D eigenvalue weighted by atomic mass is 16.5. The van der Waals surface area contributed by atoms with E-state index < -0.39 is 11.8 Å². The third kappa shape index (κ3) is 3.67. The molecular formula is C19H14N2O4. The van der Waals surface area contributed by atoms with Crippen LogP contribution in [-0.2, 0) is 25.7 Å². The molecule has 0 saturated carbocycles. The van der Waals surface area contributed by atoms with Crippen LogP contribution in [0.25, 0.3) is 0 Å². The van der Waals surface area contributed by atoms with Gasteiger partial charge in [-0.05, 0) is 18.2 Å². The number of nitrogens with zero attached hydrogens (tertiary/aromatic N) is 1. The molecule has 1 heterocycles. The lowest BCUT2D eigenvalue weighted by atomic mass is 10.1. The molecule has 0 amide bonds. The first-order valence-electron chi connectivity index (χ1n) is 7.56. The largest absolute Gasteiger partial charge is 0.470 e. The van der Waals surface area contributed by atoms with Gasteiger partial charge >= 0.3 is 5.97 Å². The molecule has 0 aliphatic carbocycles. The number of ketones is 1. The fraction of sp³-hybridized carbons (Fsp3) is 0.105. The van der Waals surface area contributed by atoms with Crippen molar-refractivity contribution in [1.82, 2.24) is 0 Å². The maximum absolute atomic E-state index is 12.3. The Bertz CT molecular complexity index is 882. The second-order valence-corrected chi connectivity index (χ2v) is 5.25. The monoisotopic (exact) mass is 334 g/mol. The van der Waals surface area contributed by atoms with Gasteiger partial charge in [-0.2, -0.15) is 5.26 Å². The van der Waals surface area contributed by atoms with E-state index in [1.807, 2.05) is 24.3 Å². The highest BCUT2D eigenvalue weighted by Gasteiger charge is 2.32. The molecule has 0 radical (unpaired) electrons. The van der Waals surface area contributed by atoms with E-state index in [-0.39, 0.29) is 24.7 Å². The minimum atomic E-state index is -0.784.